The van der Waals surface area contributed by atoms with Crippen LogP contribution in [0.3, 0.4) is 0 Å². The second-order valence-electron chi connectivity index (χ2n) is 17.6. The van der Waals surface area contributed by atoms with Gasteiger partial charge < -0.3 is 9.13 Å². The molecule has 10 aromatic carbocycles. The highest BCUT2D eigenvalue weighted by Gasteiger charge is 2.24. The molecule has 0 saturated carbocycles. The third-order valence-electron chi connectivity index (χ3n) is 13.7. The van der Waals surface area contributed by atoms with Crippen LogP contribution in [0.15, 0.2) is 243 Å². The van der Waals surface area contributed by atoms with Gasteiger partial charge >= 0.3 is 0 Å². The molecule has 322 valence electrons. The van der Waals surface area contributed by atoms with Gasteiger partial charge in [-0.25, -0.2) is 4.98 Å². The van der Waals surface area contributed by atoms with Gasteiger partial charge in [-0.2, -0.15) is 9.97 Å². The molecule has 6 heteroatoms. The molecule has 14 rings (SSSR count). The maximum absolute atomic E-state index is 5.53. The quantitative estimate of drug-likeness (QED) is 0.160. The Hall–Kier alpha value is -9.39. The summed E-state index contributed by atoms with van der Waals surface area (Å²) in [5, 5.41) is 6.83. The van der Waals surface area contributed by atoms with Gasteiger partial charge in [0.1, 0.15) is 0 Å². The topological polar surface area (TPSA) is 53.5 Å². The minimum Gasteiger partial charge on any atom is -0.309 e. The van der Waals surface area contributed by atoms with Gasteiger partial charge in [0.15, 0.2) is 11.6 Å². The summed E-state index contributed by atoms with van der Waals surface area (Å²) in [5.74, 6) is 1.75. The average molecular weight is 881 g/mol. The van der Waals surface area contributed by atoms with E-state index in [1.807, 2.05) is 18.2 Å². The van der Waals surface area contributed by atoms with Crippen molar-refractivity contribution in [2.45, 2.75) is 0 Å². The van der Waals surface area contributed by atoms with Crippen molar-refractivity contribution in [1.82, 2.24) is 28.7 Å². The second kappa shape index (κ2) is 15.6. The van der Waals surface area contributed by atoms with E-state index in [4.69, 9.17) is 15.0 Å². The third-order valence-corrected chi connectivity index (χ3v) is 13.7. The normalized spacial score (nSPS) is 11.8. The van der Waals surface area contributed by atoms with E-state index in [-0.39, 0.29) is 0 Å². The highest BCUT2D eigenvalue weighted by Crippen LogP contribution is 2.43. The van der Waals surface area contributed by atoms with Gasteiger partial charge in [-0.15, -0.1) is 0 Å². The van der Waals surface area contributed by atoms with E-state index in [0.29, 0.717) is 17.6 Å². The van der Waals surface area contributed by atoms with Gasteiger partial charge in [0.25, 0.3) is 0 Å². The average Bonchev–Trinajstić information content (AvgIpc) is 4.06. The summed E-state index contributed by atoms with van der Waals surface area (Å²) in [5.41, 5.74) is 15.1. The smallest absolute Gasteiger partial charge is 0.238 e. The monoisotopic (exact) mass is 880 g/mol. The van der Waals surface area contributed by atoms with Crippen LogP contribution in [-0.2, 0) is 0 Å². The number of hydrogen-bond acceptors (Lipinski definition) is 3. The van der Waals surface area contributed by atoms with Crippen LogP contribution in [0.4, 0.5) is 0 Å². The van der Waals surface area contributed by atoms with Crippen LogP contribution >= 0.6 is 0 Å². The van der Waals surface area contributed by atoms with Crippen molar-refractivity contribution in [3.63, 3.8) is 0 Å². The van der Waals surface area contributed by atoms with Crippen LogP contribution in [0.5, 0.6) is 0 Å². The molecule has 0 amide bonds. The van der Waals surface area contributed by atoms with Gasteiger partial charge in [-0.3, -0.25) is 4.57 Å². The summed E-state index contributed by atoms with van der Waals surface area (Å²) in [6, 6.07) is 86.3. The summed E-state index contributed by atoms with van der Waals surface area (Å²) in [6.07, 6.45) is 0. The number of aromatic nitrogens is 6. The summed E-state index contributed by atoms with van der Waals surface area (Å²) in [4.78, 5) is 16.2. The number of rotatable bonds is 7. The summed E-state index contributed by atoms with van der Waals surface area (Å²) < 4.78 is 7.05. The first-order chi connectivity index (χ1) is 34.2. The molecule has 0 bridgehead atoms. The van der Waals surface area contributed by atoms with E-state index < -0.39 is 0 Å². The Kier molecular flexibility index (Phi) is 8.79. The Bertz CT molecular complexity index is 4280. The third kappa shape index (κ3) is 6.16. The van der Waals surface area contributed by atoms with E-state index in [9.17, 15) is 0 Å². The SMILES string of the molecule is c1ccc(-c2ccc(-c3ccccc3)c(-n3c4ccccc4c4cc5c(cc43)c3ccccc3n5-c3nc(-c4ccccc4)nc(-c4cccc5c6ccccc6n(-c6ccccc6)c45)n3)c2)cc1. The lowest BCUT2D eigenvalue weighted by molar-refractivity contribution is 0.954. The van der Waals surface area contributed by atoms with Crippen LogP contribution in [-0.4, -0.2) is 28.7 Å². The standard InChI is InChI=1S/C63H40N6/c1-5-20-41(21-6-1)44-36-37-46(42-22-7-2-8-23-42)57(38-44)68-55-34-17-14-29-48(55)52-40-59-53(39-58(52)68)49-30-15-18-35-56(49)69(59)63-65-61(43-24-9-3-10-25-43)64-62(66-63)51-32-19-31-50-47-28-13-16-33-54(47)67(60(50)51)45-26-11-4-12-27-45/h1-40H. The molecule has 0 unspecified atom stereocenters. The fourth-order valence-electron chi connectivity index (χ4n) is 10.6. The predicted molar refractivity (Wildman–Crippen MR) is 285 cm³/mol. The summed E-state index contributed by atoms with van der Waals surface area (Å²) in [7, 11) is 0. The lowest BCUT2D eigenvalue weighted by atomic mass is 9.98. The molecule has 0 fully saturated rings. The van der Waals surface area contributed by atoms with Crippen molar-refractivity contribution in [2.75, 3.05) is 0 Å². The molecule has 14 aromatic rings. The van der Waals surface area contributed by atoms with Crippen molar-refractivity contribution in [3.8, 4) is 62.4 Å². The molecule has 0 aliphatic carbocycles. The number of benzene rings is 10. The Balaban J connectivity index is 1.06. The number of nitrogens with zero attached hydrogens (tertiary/aromatic N) is 6. The second-order valence-corrected chi connectivity index (χ2v) is 17.6. The zero-order valence-electron chi connectivity index (χ0n) is 37.3. The summed E-state index contributed by atoms with van der Waals surface area (Å²) in [6.45, 7) is 0. The van der Waals surface area contributed by atoms with Gasteiger partial charge in [0.2, 0.25) is 5.95 Å². The molecule has 69 heavy (non-hydrogen) atoms. The van der Waals surface area contributed by atoms with Crippen LogP contribution in [0.1, 0.15) is 0 Å². The lowest BCUT2D eigenvalue weighted by Gasteiger charge is -2.16. The summed E-state index contributed by atoms with van der Waals surface area (Å²) >= 11 is 0. The highest BCUT2D eigenvalue weighted by atomic mass is 15.2. The van der Waals surface area contributed by atoms with Crippen molar-refractivity contribution in [3.05, 3.63) is 243 Å². The molecule has 0 N–H and O–H groups in total. The first-order valence-corrected chi connectivity index (χ1v) is 23.4. The molecule has 0 spiro atoms. The van der Waals surface area contributed by atoms with E-state index >= 15 is 0 Å². The van der Waals surface area contributed by atoms with E-state index in [1.165, 1.54) is 10.9 Å². The van der Waals surface area contributed by atoms with Crippen LogP contribution in [0, 0.1) is 0 Å². The first kappa shape index (κ1) is 38.8. The largest absolute Gasteiger partial charge is 0.309 e. The van der Waals surface area contributed by atoms with Gasteiger partial charge in [-0.1, -0.05) is 188 Å². The van der Waals surface area contributed by atoms with Crippen LogP contribution < -0.4 is 0 Å². The van der Waals surface area contributed by atoms with Crippen molar-refractivity contribution in [1.29, 1.82) is 0 Å². The molecule has 0 atom stereocenters. The van der Waals surface area contributed by atoms with Crippen molar-refractivity contribution in [2.24, 2.45) is 0 Å². The number of hydrogen-bond donors (Lipinski definition) is 0. The number of fused-ring (bicyclic) bond motifs is 9. The molecule has 0 aliphatic rings. The fraction of sp³-hybridized carbons (Fsp3) is 0. The Morgan fingerprint density at radius 3 is 1.41 bits per heavy atom. The van der Waals surface area contributed by atoms with Crippen molar-refractivity contribution < 1.29 is 0 Å². The van der Waals surface area contributed by atoms with Gasteiger partial charge in [0.05, 0.1) is 38.8 Å². The molecular weight excluding hydrogens is 841 g/mol. The molecule has 4 aromatic heterocycles. The van der Waals surface area contributed by atoms with Gasteiger partial charge in [0, 0.05) is 54.7 Å². The van der Waals surface area contributed by atoms with Crippen molar-refractivity contribution >= 4 is 65.4 Å². The minimum absolute atomic E-state index is 0.550. The van der Waals surface area contributed by atoms with E-state index in [2.05, 4.69) is 238 Å². The Morgan fingerprint density at radius 2 is 0.754 bits per heavy atom. The van der Waals surface area contributed by atoms with Gasteiger partial charge in [-0.05, 0) is 71.3 Å². The molecule has 0 saturated heterocycles. The van der Waals surface area contributed by atoms with E-state index in [1.54, 1.807) is 0 Å². The van der Waals surface area contributed by atoms with Crippen LogP contribution in [0.2, 0.25) is 0 Å². The molecule has 0 radical (unpaired) electrons. The zero-order valence-corrected chi connectivity index (χ0v) is 37.3. The highest BCUT2D eigenvalue weighted by molar-refractivity contribution is 6.19. The first-order valence-electron chi connectivity index (χ1n) is 23.4. The predicted octanol–water partition coefficient (Wildman–Crippen LogP) is 15.8. The fourth-order valence-corrected chi connectivity index (χ4v) is 10.6. The number of para-hydroxylation sites is 5. The maximum atomic E-state index is 5.53. The van der Waals surface area contributed by atoms with E-state index in [0.717, 1.165) is 99.2 Å². The Morgan fingerprint density at radius 1 is 0.261 bits per heavy atom. The Labute approximate surface area is 397 Å². The molecule has 0 aliphatic heterocycles. The molecular formula is C63H40N6. The lowest BCUT2D eigenvalue weighted by Crippen LogP contribution is -2.07. The zero-order chi connectivity index (χ0) is 45.4. The maximum Gasteiger partial charge on any atom is 0.238 e. The molecule has 4 heterocycles. The van der Waals surface area contributed by atoms with Crippen LogP contribution in [0.25, 0.3) is 128 Å². The minimum atomic E-state index is 0.550. The molecule has 6 nitrogen and oxygen atoms in total.